The van der Waals surface area contributed by atoms with Crippen molar-refractivity contribution in [2.75, 3.05) is 17.6 Å². The Morgan fingerprint density at radius 3 is 2.76 bits per heavy atom. The van der Waals surface area contributed by atoms with Gasteiger partial charge < -0.3 is 11.1 Å². The summed E-state index contributed by atoms with van der Waals surface area (Å²) in [6.07, 6.45) is 4.67. The topological polar surface area (TPSA) is 84.2 Å². The predicted octanol–water partition coefficient (Wildman–Crippen LogP) is 2.56. The molecule has 1 aliphatic rings. The fourth-order valence-corrected chi connectivity index (χ4v) is 3.95. The van der Waals surface area contributed by atoms with Crippen LogP contribution in [0.15, 0.2) is 23.1 Å². The molecule has 1 aromatic rings. The highest BCUT2D eigenvalue weighted by Gasteiger charge is 2.20. The van der Waals surface area contributed by atoms with E-state index in [1.165, 1.54) is 12.8 Å². The van der Waals surface area contributed by atoms with Gasteiger partial charge in [0, 0.05) is 12.6 Å². The number of nitrogens with one attached hydrogen (secondary N) is 2. The number of benzene rings is 1. The van der Waals surface area contributed by atoms with Gasteiger partial charge in [0.2, 0.25) is 10.0 Å². The molecule has 2 unspecified atom stereocenters. The smallest absolute Gasteiger partial charge is 0.240 e. The van der Waals surface area contributed by atoms with E-state index in [9.17, 15) is 8.42 Å². The lowest BCUT2D eigenvalue weighted by molar-refractivity contribution is 0.358. The van der Waals surface area contributed by atoms with Crippen molar-refractivity contribution < 1.29 is 8.42 Å². The standard InChI is InChI=1S/C15H25N3O2S/c1-3-17-21(19,20)13-7-8-14(16)15(10-13)18-12-6-4-5-11(2)9-12/h7-8,10-12,17-18H,3-6,9,16H2,1-2H3. The molecule has 5 nitrogen and oxygen atoms in total. The van der Waals surface area contributed by atoms with Crippen LogP contribution in [0.2, 0.25) is 0 Å². The molecule has 6 heteroatoms. The second-order valence-electron chi connectivity index (χ2n) is 5.86. The van der Waals surface area contributed by atoms with Crippen LogP contribution in [0.25, 0.3) is 0 Å². The molecule has 21 heavy (non-hydrogen) atoms. The van der Waals surface area contributed by atoms with Crippen LogP contribution in [-0.2, 0) is 10.0 Å². The average molecular weight is 311 g/mol. The average Bonchev–Trinajstić information content (AvgIpc) is 2.41. The van der Waals surface area contributed by atoms with Gasteiger partial charge in [-0.1, -0.05) is 26.7 Å². The van der Waals surface area contributed by atoms with Crippen LogP contribution in [0.5, 0.6) is 0 Å². The summed E-state index contributed by atoms with van der Waals surface area (Å²) in [5.74, 6) is 0.700. The highest BCUT2D eigenvalue weighted by Crippen LogP contribution is 2.29. The van der Waals surface area contributed by atoms with Gasteiger partial charge in [-0.3, -0.25) is 0 Å². The fraction of sp³-hybridized carbons (Fsp3) is 0.600. The minimum atomic E-state index is -3.45. The number of nitrogens with two attached hydrogens (primary N) is 1. The number of rotatable bonds is 5. The summed E-state index contributed by atoms with van der Waals surface area (Å²) in [7, 11) is -3.45. The van der Waals surface area contributed by atoms with E-state index in [-0.39, 0.29) is 4.90 Å². The van der Waals surface area contributed by atoms with Crippen LogP contribution >= 0.6 is 0 Å². The number of anilines is 2. The van der Waals surface area contributed by atoms with Crippen molar-refractivity contribution in [1.82, 2.24) is 4.72 Å². The molecule has 2 atom stereocenters. The predicted molar refractivity (Wildman–Crippen MR) is 86.8 cm³/mol. The fourth-order valence-electron chi connectivity index (χ4n) is 2.89. The Balaban J connectivity index is 2.19. The van der Waals surface area contributed by atoms with E-state index in [4.69, 9.17) is 5.73 Å². The zero-order chi connectivity index (χ0) is 15.5. The first-order valence-electron chi connectivity index (χ1n) is 7.58. The Labute approximate surface area is 127 Å². The summed E-state index contributed by atoms with van der Waals surface area (Å²) in [6, 6.07) is 5.20. The van der Waals surface area contributed by atoms with Crippen LogP contribution in [-0.4, -0.2) is 21.0 Å². The Morgan fingerprint density at radius 2 is 2.10 bits per heavy atom. The molecule has 4 N–H and O–H groups in total. The summed E-state index contributed by atoms with van der Waals surface area (Å²) >= 11 is 0. The van der Waals surface area contributed by atoms with Crippen LogP contribution in [0.1, 0.15) is 39.5 Å². The lowest BCUT2D eigenvalue weighted by atomic mass is 9.87. The lowest BCUT2D eigenvalue weighted by Gasteiger charge is -2.29. The molecule has 0 amide bonds. The van der Waals surface area contributed by atoms with Crippen molar-refractivity contribution in [3.05, 3.63) is 18.2 Å². The van der Waals surface area contributed by atoms with Crippen molar-refractivity contribution in [3.63, 3.8) is 0 Å². The first-order chi connectivity index (χ1) is 9.92. The van der Waals surface area contributed by atoms with Crippen LogP contribution in [0, 0.1) is 5.92 Å². The van der Waals surface area contributed by atoms with Gasteiger partial charge in [0.15, 0.2) is 0 Å². The number of hydrogen-bond donors (Lipinski definition) is 3. The van der Waals surface area contributed by atoms with E-state index in [0.29, 0.717) is 29.9 Å². The molecule has 0 spiro atoms. The number of hydrogen-bond acceptors (Lipinski definition) is 4. The summed E-state index contributed by atoms with van der Waals surface area (Å²) in [5.41, 5.74) is 7.28. The molecular formula is C15H25N3O2S. The van der Waals surface area contributed by atoms with Crippen LogP contribution in [0.4, 0.5) is 11.4 Å². The Morgan fingerprint density at radius 1 is 1.33 bits per heavy atom. The van der Waals surface area contributed by atoms with Gasteiger partial charge in [-0.15, -0.1) is 0 Å². The normalized spacial score (nSPS) is 23.0. The quantitative estimate of drug-likeness (QED) is 0.730. The molecule has 2 rings (SSSR count). The van der Waals surface area contributed by atoms with Gasteiger partial charge in [0.05, 0.1) is 16.3 Å². The third kappa shape index (κ3) is 4.11. The van der Waals surface area contributed by atoms with Gasteiger partial charge in [-0.05, 0) is 37.0 Å². The van der Waals surface area contributed by atoms with E-state index in [2.05, 4.69) is 17.0 Å². The zero-order valence-electron chi connectivity index (χ0n) is 12.7. The minimum absolute atomic E-state index is 0.255. The molecule has 0 bridgehead atoms. The maximum absolute atomic E-state index is 12.1. The molecule has 1 aromatic carbocycles. The number of sulfonamides is 1. The third-order valence-electron chi connectivity index (χ3n) is 3.97. The highest BCUT2D eigenvalue weighted by atomic mass is 32.2. The Hall–Kier alpha value is -1.27. The molecule has 0 heterocycles. The minimum Gasteiger partial charge on any atom is -0.397 e. The first-order valence-corrected chi connectivity index (χ1v) is 9.06. The summed E-state index contributed by atoms with van der Waals surface area (Å²) in [5, 5.41) is 3.42. The van der Waals surface area contributed by atoms with E-state index in [1.54, 1.807) is 25.1 Å². The first kappa shape index (κ1) is 16.1. The Bertz CT molecular complexity index is 587. The zero-order valence-corrected chi connectivity index (χ0v) is 13.5. The molecular weight excluding hydrogens is 286 g/mol. The molecule has 0 radical (unpaired) electrons. The molecule has 0 aliphatic heterocycles. The summed E-state index contributed by atoms with van der Waals surface area (Å²) in [6.45, 7) is 4.39. The van der Waals surface area contributed by atoms with Crippen molar-refractivity contribution in [1.29, 1.82) is 0 Å². The van der Waals surface area contributed by atoms with Gasteiger partial charge in [-0.2, -0.15) is 0 Å². The molecule has 1 aliphatic carbocycles. The third-order valence-corrected chi connectivity index (χ3v) is 5.51. The van der Waals surface area contributed by atoms with E-state index >= 15 is 0 Å². The number of nitrogen functional groups attached to an aromatic ring is 1. The highest BCUT2D eigenvalue weighted by molar-refractivity contribution is 7.89. The van der Waals surface area contributed by atoms with Gasteiger partial charge in [0.1, 0.15) is 0 Å². The second-order valence-corrected chi connectivity index (χ2v) is 7.63. The second kappa shape index (κ2) is 6.66. The maximum Gasteiger partial charge on any atom is 0.240 e. The molecule has 0 saturated heterocycles. The van der Waals surface area contributed by atoms with E-state index in [1.807, 2.05) is 0 Å². The van der Waals surface area contributed by atoms with Crippen molar-refractivity contribution in [3.8, 4) is 0 Å². The summed E-state index contributed by atoms with van der Waals surface area (Å²) in [4.78, 5) is 0.255. The maximum atomic E-state index is 12.1. The SMILES string of the molecule is CCNS(=O)(=O)c1ccc(N)c(NC2CCCC(C)C2)c1. The van der Waals surface area contributed by atoms with Gasteiger partial charge >= 0.3 is 0 Å². The van der Waals surface area contributed by atoms with Crippen molar-refractivity contribution in [2.45, 2.75) is 50.5 Å². The van der Waals surface area contributed by atoms with Crippen molar-refractivity contribution >= 4 is 21.4 Å². The van der Waals surface area contributed by atoms with Crippen LogP contribution < -0.4 is 15.8 Å². The van der Waals surface area contributed by atoms with E-state index in [0.717, 1.165) is 12.8 Å². The van der Waals surface area contributed by atoms with Crippen molar-refractivity contribution in [2.24, 2.45) is 5.92 Å². The lowest BCUT2D eigenvalue weighted by Crippen LogP contribution is -2.27. The molecule has 1 saturated carbocycles. The molecule has 0 aromatic heterocycles. The molecule has 1 fully saturated rings. The molecule has 118 valence electrons. The largest absolute Gasteiger partial charge is 0.397 e. The monoisotopic (exact) mass is 311 g/mol. The van der Waals surface area contributed by atoms with Crippen LogP contribution in [0.3, 0.4) is 0 Å². The van der Waals surface area contributed by atoms with Gasteiger partial charge in [-0.25, -0.2) is 13.1 Å². The summed E-state index contributed by atoms with van der Waals surface area (Å²) < 4.78 is 26.6. The Kier molecular flexibility index (Phi) is 5.11. The van der Waals surface area contributed by atoms with Gasteiger partial charge in [0.25, 0.3) is 0 Å². The van der Waals surface area contributed by atoms with E-state index < -0.39 is 10.0 Å².